The Kier molecular flexibility index (Phi) is 148000. The minimum absolute atomic E-state index is 0. The largest absolute Gasteiger partial charge is 0.344 e. The summed E-state index contributed by atoms with van der Waals surface area (Å²) in [6.07, 6.45) is 0.750. The molecule has 0 atom stereocenters. The van der Waals surface area contributed by atoms with Crippen molar-refractivity contribution in [1.29, 1.82) is 0 Å². The lowest BCUT2D eigenvalue weighted by Crippen LogP contribution is -1.69. The van der Waals surface area contributed by atoms with Crippen LogP contribution in [0, 0.1) is 0 Å². The highest BCUT2D eigenvalue weighted by Gasteiger charge is 1.24. The summed E-state index contributed by atoms with van der Waals surface area (Å²) in [6, 6.07) is 0. The molecule has 0 fully saturated rings. The van der Waals surface area contributed by atoms with E-state index in [0.29, 0.717) is 0 Å². The fraction of sp³-hybridized carbons (Fsp3) is 0.938. The predicted molar refractivity (Wildman–Crippen MR) is 111 cm³/mol. The third kappa shape index (κ3) is 23700. The molecule has 7 N–H and O–H groups in total. The summed E-state index contributed by atoms with van der Waals surface area (Å²) in [5.74, 6) is 0. The standard InChI is InChI=1S/C2H4O.3C2H6.2CH5N.6CH4.H3N/c1-2-3;5*1-2;;;;;;;/h2H,1H3;3*1-2H3;2*2H2,1H3;6*1H4;1H3. The van der Waals surface area contributed by atoms with Crippen molar-refractivity contribution in [3.8, 4) is 0 Å². The van der Waals surface area contributed by atoms with Gasteiger partial charge < -0.3 is 22.4 Å². The normalized spacial score (nSPS) is 2.15. The van der Waals surface area contributed by atoms with Crippen LogP contribution in [0.1, 0.15) is 93.0 Å². The van der Waals surface area contributed by atoms with Crippen LogP contribution in [0.25, 0.3) is 0 Å². The first-order valence-corrected chi connectivity index (χ1v) is 4.97. The van der Waals surface area contributed by atoms with Gasteiger partial charge in [-0.3, -0.25) is 0 Å². The molecule has 0 aromatic carbocycles. The van der Waals surface area contributed by atoms with Crippen LogP contribution in [0.3, 0.4) is 0 Å². The molecule has 0 heterocycles. The Balaban J connectivity index is -0.00000000252. The first-order valence-electron chi connectivity index (χ1n) is 4.97. The molecule has 20 heavy (non-hydrogen) atoms. The summed E-state index contributed by atoms with van der Waals surface area (Å²) in [7, 11) is 3.00. The molecule has 0 aliphatic rings. The van der Waals surface area contributed by atoms with Crippen molar-refractivity contribution in [1.82, 2.24) is 6.15 Å². The van der Waals surface area contributed by atoms with Crippen LogP contribution in [0.15, 0.2) is 0 Å². The molecule has 144 valence electrons. The number of hydrogen-bond donors (Lipinski definition) is 3. The fourth-order valence-corrected chi connectivity index (χ4v) is 0. The van der Waals surface area contributed by atoms with Crippen LogP contribution in [-0.2, 0) is 4.79 Å². The van der Waals surface area contributed by atoms with Crippen molar-refractivity contribution in [2.24, 2.45) is 11.5 Å². The Labute approximate surface area is 136 Å². The lowest BCUT2D eigenvalue weighted by atomic mass is 11.0. The van der Waals surface area contributed by atoms with Gasteiger partial charge in [0.25, 0.3) is 0 Å². The molecule has 0 saturated heterocycles. The number of nitrogens with two attached hydrogens (primary N) is 2. The van der Waals surface area contributed by atoms with Gasteiger partial charge in [-0.05, 0) is 21.0 Å². The average Bonchev–Trinajstić information content (AvgIpc) is 2.32. The van der Waals surface area contributed by atoms with Gasteiger partial charge in [-0.1, -0.05) is 86.1 Å². The van der Waals surface area contributed by atoms with Crippen molar-refractivity contribution >= 4 is 6.29 Å². The van der Waals surface area contributed by atoms with E-state index in [0.717, 1.165) is 6.29 Å². The van der Waals surface area contributed by atoms with E-state index in [2.05, 4.69) is 11.5 Å². The quantitative estimate of drug-likeness (QED) is 0.449. The number of rotatable bonds is 0. The number of hydrogen-bond acceptors (Lipinski definition) is 4. The molecular formula is C16H59N3O. The molecule has 0 unspecified atom stereocenters. The first kappa shape index (κ1) is 157. The van der Waals surface area contributed by atoms with E-state index in [9.17, 15) is 0 Å². The van der Waals surface area contributed by atoms with Gasteiger partial charge in [0.15, 0.2) is 0 Å². The predicted octanol–water partition coefficient (Wildman–Crippen LogP) is 6.41. The molecular weight excluding hydrogens is 250 g/mol. The summed E-state index contributed by atoms with van der Waals surface area (Å²) in [6.45, 7) is 13.4. The van der Waals surface area contributed by atoms with E-state index in [-0.39, 0.29) is 50.7 Å². The maximum atomic E-state index is 8.81. The van der Waals surface area contributed by atoms with Gasteiger partial charge in [0.1, 0.15) is 6.29 Å². The average molecular weight is 310 g/mol. The third-order valence-electron chi connectivity index (χ3n) is 0. The molecule has 0 aromatic heterocycles. The van der Waals surface area contributed by atoms with Crippen molar-refractivity contribution in [2.75, 3.05) is 14.1 Å². The second kappa shape index (κ2) is 18900. The Hall–Kier alpha value is -0.450. The Morgan fingerprint density at radius 3 is 0.550 bits per heavy atom. The molecule has 0 bridgehead atoms. The van der Waals surface area contributed by atoms with Crippen molar-refractivity contribution in [3.63, 3.8) is 0 Å². The lowest BCUT2D eigenvalue weighted by Gasteiger charge is -1.23. The minimum atomic E-state index is 0. The second-order valence-corrected chi connectivity index (χ2v) is 0.236. The Bertz CT molecular complexity index is 25.2. The monoisotopic (exact) mass is 309 g/mol. The van der Waals surface area contributed by atoms with Crippen molar-refractivity contribution < 1.29 is 4.79 Å². The van der Waals surface area contributed by atoms with E-state index in [1.54, 1.807) is 0 Å². The zero-order valence-corrected chi connectivity index (χ0v) is 11.8. The highest BCUT2D eigenvalue weighted by atomic mass is 16.1. The van der Waals surface area contributed by atoms with Crippen LogP contribution in [0.5, 0.6) is 0 Å². The zero-order chi connectivity index (χ0) is 12.7. The van der Waals surface area contributed by atoms with E-state index >= 15 is 0 Å². The Morgan fingerprint density at radius 1 is 0.550 bits per heavy atom. The van der Waals surface area contributed by atoms with Gasteiger partial charge in [-0.15, -0.1) is 0 Å². The van der Waals surface area contributed by atoms with Gasteiger partial charge in [0.2, 0.25) is 0 Å². The number of carbonyl (C=O) groups is 1. The topological polar surface area (TPSA) is 104 Å². The van der Waals surface area contributed by atoms with Gasteiger partial charge in [-0.2, -0.15) is 0 Å². The van der Waals surface area contributed by atoms with Gasteiger partial charge >= 0.3 is 0 Å². The van der Waals surface area contributed by atoms with E-state index in [1.165, 1.54) is 21.0 Å². The SMILES string of the molecule is C.C.C.C.C.C.CC.CC.CC.CC=O.CN.CN.N. The molecule has 0 amide bonds. The molecule has 0 saturated carbocycles. The number of carbonyl (C=O) groups excluding carboxylic acids is 1. The molecule has 4 heteroatoms. The number of aldehydes is 1. The third-order valence-corrected chi connectivity index (χ3v) is 0. The van der Waals surface area contributed by atoms with E-state index in [4.69, 9.17) is 4.79 Å². The van der Waals surface area contributed by atoms with Gasteiger partial charge in [-0.25, -0.2) is 0 Å². The van der Waals surface area contributed by atoms with E-state index in [1.807, 2.05) is 41.5 Å². The van der Waals surface area contributed by atoms with Crippen LogP contribution in [0.2, 0.25) is 0 Å². The highest BCUT2D eigenvalue weighted by molar-refractivity contribution is 5.44. The molecule has 4 nitrogen and oxygen atoms in total. The lowest BCUT2D eigenvalue weighted by molar-refractivity contribution is -0.106. The maximum Gasteiger partial charge on any atom is 0.116 e. The van der Waals surface area contributed by atoms with Crippen LogP contribution in [0.4, 0.5) is 0 Å². The van der Waals surface area contributed by atoms with Gasteiger partial charge in [0.05, 0.1) is 0 Å². The minimum Gasteiger partial charge on any atom is -0.344 e. The summed E-state index contributed by atoms with van der Waals surface area (Å²) < 4.78 is 0. The highest BCUT2D eigenvalue weighted by Crippen LogP contribution is 1.15. The summed E-state index contributed by atoms with van der Waals surface area (Å²) in [4.78, 5) is 8.81. The van der Waals surface area contributed by atoms with Crippen LogP contribution < -0.4 is 17.6 Å². The van der Waals surface area contributed by atoms with Crippen molar-refractivity contribution in [3.05, 3.63) is 0 Å². The summed E-state index contributed by atoms with van der Waals surface area (Å²) in [5.41, 5.74) is 9.00. The fourth-order valence-electron chi connectivity index (χ4n) is 0. The molecule has 0 aliphatic carbocycles. The van der Waals surface area contributed by atoms with Crippen molar-refractivity contribution in [2.45, 2.75) is 93.0 Å². The first-order chi connectivity index (χ1) is 6.41. The smallest absolute Gasteiger partial charge is 0.116 e. The maximum absolute atomic E-state index is 8.81. The molecule has 0 aromatic rings. The molecule has 0 aliphatic heterocycles. The summed E-state index contributed by atoms with van der Waals surface area (Å²) >= 11 is 0. The van der Waals surface area contributed by atoms with Crippen LogP contribution >= 0.6 is 0 Å². The second-order valence-electron chi connectivity index (χ2n) is 0.236. The van der Waals surface area contributed by atoms with E-state index < -0.39 is 0 Å². The van der Waals surface area contributed by atoms with Crippen LogP contribution in [-0.4, -0.2) is 20.4 Å². The summed E-state index contributed by atoms with van der Waals surface area (Å²) in [5, 5.41) is 0. The molecule has 0 spiro atoms. The molecule has 0 rings (SSSR count). The molecule has 0 radical (unpaired) electrons. The zero-order valence-electron chi connectivity index (χ0n) is 11.8. The van der Waals surface area contributed by atoms with Gasteiger partial charge in [0, 0.05) is 0 Å². The Morgan fingerprint density at radius 2 is 0.550 bits per heavy atom.